The summed E-state index contributed by atoms with van der Waals surface area (Å²) >= 11 is 6.16. The van der Waals surface area contributed by atoms with Gasteiger partial charge in [0.05, 0.1) is 5.38 Å². The standard InChI is InChI=1S/C11H20ClNO/c1-3-8(2)11(14)13-10-7-5-4-6-9(10)12/h8-10H,3-7H2,1-2H3,(H,13,14). The van der Waals surface area contributed by atoms with Crippen molar-refractivity contribution in [2.45, 2.75) is 57.4 Å². The zero-order chi connectivity index (χ0) is 10.6. The highest BCUT2D eigenvalue weighted by atomic mass is 35.5. The Morgan fingerprint density at radius 1 is 1.50 bits per heavy atom. The fourth-order valence-electron chi connectivity index (χ4n) is 1.76. The Kier molecular flexibility index (Phi) is 4.73. The van der Waals surface area contributed by atoms with Crippen LogP contribution in [0.1, 0.15) is 46.0 Å². The molecule has 3 atom stereocenters. The molecule has 2 nitrogen and oxygen atoms in total. The van der Waals surface area contributed by atoms with Crippen LogP contribution in [0.2, 0.25) is 0 Å². The van der Waals surface area contributed by atoms with E-state index in [1.54, 1.807) is 0 Å². The van der Waals surface area contributed by atoms with Crippen LogP contribution in [0.25, 0.3) is 0 Å². The first kappa shape index (κ1) is 11.8. The maximum Gasteiger partial charge on any atom is 0.223 e. The molecule has 0 heterocycles. The zero-order valence-corrected chi connectivity index (χ0v) is 9.81. The van der Waals surface area contributed by atoms with E-state index in [1.807, 2.05) is 13.8 Å². The van der Waals surface area contributed by atoms with Gasteiger partial charge in [0, 0.05) is 12.0 Å². The molecule has 1 saturated carbocycles. The molecule has 0 aliphatic heterocycles. The maximum atomic E-state index is 11.6. The van der Waals surface area contributed by atoms with Gasteiger partial charge >= 0.3 is 0 Å². The predicted molar refractivity (Wildman–Crippen MR) is 59.5 cm³/mol. The fourth-order valence-corrected chi connectivity index (χ4v) is 2.10. The van der Waals surface area contributed by atoms with Crippen molar-refractivity contribution in [3.05, 3.63) is 0 Å². The molecule has 0 spiro atoms. The van der Waals surface area contributed by atoms with Gasteiger partial charge in [0.15, 0.2) is 0 Å². The van der Waals surface area contributed by atoms with E-state index in [9.17, 15) is 4.79 Å². The molecule has 0 radical (unpaired) electrons. The number of amides is 1. The lowest BCUT2D eigenvalue weighted by Crippen LogP contribution is -2.44. The maximum absolute atomic E-state index is 11.6. The number of hydrogen-bond donors (Lipinski definition) is 1. The third-order valence-corrected chi connectivity index (χ3v) is 3.59. The summed E-state index contributed by atoms with van der Waals surface area (Å²) in [6.07, 6.45) is 5.35. The van der Waals surface area contributed by atoms with Crippen molar-refractivity contribution in [1.82, 2.24) is 5.32 Å². The van der Waals surface area contributed by atoms with Crippen LogP contribution in [0.3, 0.4) is 0 Å². The lowest BCUT2D eigenvalue weighted by Gasteiger charge is -2.28. The number of carbonyl (C=O) groups excluding carboxylic acids is 1. The average molecular weight is 218 g/mol. The molecule has 0 saturated heterocycles. The molecule has 0 aromatic heterocycles. The smallest absolute Gasteiger partial charge is 0.223 e. The van der Waals surface area contributed by atoms with Crippen LogP contribution in [-0.2, 0) is 4.79 Å². The number of alkyl halides is 1. The van der Waals surface area contributed by atoms with Crippen LogP contribution >= 0.6 is 11.6 Å². The van der Waals surface area contributed by atoms with Crippen molar-refractivity contribution < 1.29 is 4.79 Å². The van der Waals surface area contributed by atoms with Crippen molar-refractivity contribution >= 4 is 17.5 Å². The summed E-state index contributed by atoms with van der Waals surface area (Å²) in [7, 11) is 0. The molecule has 3 unspecified atom stereocenters. The molecule has 0 aromatic rings. The molecular formula is C11H20ClNO. The molecule has 82 valence electrons. The second kappa shape index (κ2) is 5.59. The average Bonchev–Trinajstić information content (AvgIpc) is 2.20. The van der Waals surface area contributed by atoms with Crippen LogP contribution in [0.15, 0.2) is 0 Å². The van der Waals surface area contributed by atoms with E-state index in [0.29, 0.717) is 0 Å². The fraction of sp³-hybridized carbons (Fsp3) is 0.909. The van der Waals surface area contributed by atoms with Crippen LogP contribution in [0.5, 0.6) is 0 Å². The van der Waals surface area contributed by atoms with Gasteiger partial charge in [-0.2, -0.15) is 0 Å². The Morgan fingerprint density at radius 3 is 2.71 bits per heavy atom. The Bertz CT molecular complexity index is 196. The number of rotatable bonds is 3. The SMILES string of the molecule is CCC(C)C(=O)NC1CCCCC1Cl. The lowest BCUT2D eigenvalue weighted by molar-refractivity contribution is -0.125. The van der Waals surface area contributed by atoms with Crippen molar-refractivity contribution in [3.8, 4) is 0 Å². The van der Waals surface area contributed by atoms with Crippen molar-refractivity contribution in [2.75, 3.05) is 0 Å². The highest BCUT2D eigenvalue weighted by molar-refractivity contribution is 6.21. The molecular weight excluding hydrogens is 198 g/mol. The lowest BCUT2D eigenvalue weighted by atomic mass is 9.94. The van der Waals surface area contributed by atoms with Gasteiger partial charge in [-0.25, -0.2) is 0 Å². The first-order valence-electron chi connectivity index (χ1n) is 5.59. The highest BCUT2D eigenvalue weighted by Crippen LogP contribution is 2.23. The van der Waals surface area contributed by atoms with E-state index in [1.165, 1.54) is 12.8 Å². The van der Waals surface area contributed by atoms with Gasteiger partial charge in [-0.3, -0.25) is 4.79 Å². The monoisotopic (exact) mass is 217 g/mol. The van der Waals surface area contributed by atoms with Crippen molar-refractivity contribution in [1.29, 1.82) is 0 Å². The summed E-state index contributed by atoms with van der Waals surface area (Å²) in [6, 6.07) is 0.201. The summed E-state index contributed by atoms with van der Waals surface area (Å²) < 4.78 is 0. The van der Waals surface area contributed by atoms with Gasteiger partial charge in [-0.15, -0.1) is 11.6 Å². The van der Waals surface area contributed by atoms with Gasteiger partial charge in [0.1, 0.15) is 0 Å². The van der Waals surface area contributed by atoms with E-state index in [4.69, 9.17) is 11.6 Å². The molecule has 1 amide bonds. The van der Waals surface area contributed by atoms with Crippen LogP contribution < -0.4 is 5.32 Å². The Balaban J connectivity index is 2.38. The van der Waals surface area contributed by atoms with Gasteiger partial charge in [-0.05, 0) is 19.3 Å². The predicted octanol–water partition coefficient (Wildman–Crippen LogP) is 2.70. The Hall–Kier alpha value is -0.240. The van der Waals surface area contributed by atoms with Crippen LogP contribution in [0, 0.1) is 5.92 Å². The van der Waals surface area contributed by atoms with Gasteiger partial charge in [0.2, 0.25) is 5.91 Å². The topological polar surface area (TPSA) is 29.1 Å². The zero-order valence-electron chi connectivity index (χ0n) is 9.05. The second-order valence-corrected chi connectivity index (χ2v) is 4.79. The van der Waals surface area contributed by atoms with E-state index in [2.05, 4.69) is 5.32 Å². The third kappa shape index (κ3) is 3.16. The molecule has 14 heavy (non-hydrogen) atoms. The molecule has 3 heteroatoms. The number of carbonyl (C=O) groups is 1. The minimum absolute atomic E-state index is 0.112. The summed E-state index contributed by atoms with van der Waals surface area (Å²) in [4.78, 5) is 11.6. The molecule has 0 bridgehead atoms. The van der Waals surface area contributed by atoms with Crippen molar-refractivity contribution in [2.24, 2.45) is 5.92 Å². The Morgan fingerprint density at radius 2 is 2.14 bits per heavy atom. The number of halogens is 1. The molecule has 1 aliphatic rings. The van der Waals surface area contributed by atoms with Crippen LogP contribution in [0.4, 0.5) is 0 Å². The summed E-state index contributed by atoms with van der Waals surface area (Å²) in [6.45, 7) is 3.99. The molecule has 1 N–H and O–H groups in total. The Labute approximate surface area is 91.4 Å². The molecule has 1 fully saturated rings. The largest absolute Gasteiger partial charge is 0.352 e. The number of hydrogen-bond acceptors (Lipinski definition) is 1. The number of nitrogens with one attached hydrogen (secondary N) is 1. The summed E-state index contributed by atoms with van der Waals surface area (Å²) in [5.74, 6) is 0.269. The summed E-state index contributed by atoms with van der Waals surface area (Å²) in [5.41, 5.74) is 0. The van der Waals surface area contributed by atoms with E-state index >= 15 is 0 Å². The normalized spacial score (nSPS) is 29.6. The first-order valence-corrected chi connectivity index (χ1v) is 6.03. The third-order valence-electron chi connectivity index (χ3n) is 3.07. The second-order valence-electron chi connectivity index (χ2n) is 4.22. The minimum Gasteiger partial charge on any atom is -0.352 e. The van der Waals surface area contributed by atoms with Gasteiger partial charge < -0.3 is 5.32 Å². The molecule has 0 aromatic carbocycles. The van der Waals surface area contributed by atoms with E-state index in [-0.39, 0.29) is 23.2 Å². The van der Waals surface area contributed by atoms with Crippen molar-refractivity contribution in [3.63, 3.8) is 0 Å². The summed E-state index contributed by atoms with van der Waals surface area (Å²) in [5, 5.41) is 3.18. The van der Waals surface area contributed by atoms with Gasteiger partial charge in [0.25, 0.3) is 0 Å². The van der Waals surface area contributed by atoms with Crippen LogP contribution in [-0.4, -0.2) is 17.3 Å². The first-order chi connectivity index (χ1) is 6.65. The minimum atomic E-state index is 0.112. The van der Waals surface area contributed by atoms with Gasteiger partial charge in [-0.1, -0.05) is 26.7 Å². The highest BCUT2D eigenvalue weighted by Gasteiger charge is 2.25. The van der Waals surface area contributed by atoms with E-state index < -0.39 is 0 Å². The van der Waals surface area contributed by atoms with E-state index in [0.717, 1.165) is 19.3 Å². The quantitative estimate of drug-likeness (QED) is 0.724. The molecule has 1 rings (SSSR count). The molecule has 1 aliphatic carbocycles.